The number of carboxylic acid groups (broad SMARTS) is 1. The van der Waals surface area contributed by atoms with Gasteiger partial charge in [-0.3, -0.25) is 4.79 Å². The summed E-state index contributed by atoms with van der Waals surface area (Å²) in [6, 6.07) is 1.73. The lowest BCUT2D eigenvalue weighted by Crippen LogP contribution is -2.22. The molecule has 0 saturated carbocycles. The topological polar surface area (TPSA) is 71.4 Å². The fourth-order valence-corrected chi connectivity index (χ4v) is 3.22. The van der Waals surface area contributed by atoms with E-state index in [1.54, 1.807) is 16.8 Å². The number of thiophene rings is 1. The number of carboxylic acids is 1. The van der Waals surface area contributed by atoms with Crippen molar-refractivity contribution < 1.29 is 18.3 Å². The standard InChI is InChI=1S/C9H12O4S2/c1-7(4-9(10)11)15(12,13)6-8-2-3-14-5-8/h2-3,5,7H,4,6H2,1H3,(H,10,11). The first kappa shape index (κ1) is 12.2. The van der Waals surface area contributed by atoms with Gasteiger partial charge >= 0.3 is 5.97 Å². The largest absolute Gasteiger partial charge is 0.481 e. The smallest absolute Gasteiger partial charge is 0.304 e. The van der Waals surface area contributed by atoms with Crippen molar-refractivity contribution in [3.8, 4) is 0 Å². The highest BCUT2D eigenvalue weighted by Gasteiger charge is 2.23. The molecule has 0 aliphatic rings. The molecule has 15 heavy (non-hydrogen) atoms. The fourth-order valence-electron chi connectivity index (χ4n) is 1.12. The zero-order chi connectivity index (χ0) is 11.5. The molecule has 0 bridgehead atoms. The van der Waals surface area contributed by atoms with Gasteiger partial charge in [0.25, 0.3) is 0 Å². The molecule has 1 unspecified atom stereocenters. The maximum atomic E-state index is 11.7. The zero-order valence-corrected chi connectivity index (χ0v) is 9.85. The number of sulfone groups is 1. The van der Waals surface area contributed by atoms with Crippen LogP contribution < -0.4 is 0 Å². The average Bonchev–Trinajstić information content (AvgIpc) is 2.54. The second-order valence-electron chi connectivity index (χ2n) is 3.35. The van der Waals surface area contributed by atoms with Gasteiger partial charge in [0.15, 0.2) is 9.84 Å². The van der Waals surface area contributed by atoms with E-state index in [9.17, 15) is 13.2 Å². The van der Waals surface area contributed by atoms with E-state index >= 15 is 0 Å². The normalized spacial score (nSPS) is 13.7. The molecule has 0 aliphatic heterocycles. The Labute approximate surface area is 92.5 Å². The van der Waals surface area contributed by atoms with E-state index < -0.39 is 21.1 Å². The summed E-state index contributed by atoms with van der Waals surface area (Å²) in [5.74, 6) is -1.17. The Hall–Kier alpha value is -0.880. The van der Waals surface area contributed by atoms with Gasteiger partial charge in [-0.25, -0.2) is 8.42 Å². The van der Waals surface area contributed by atoms with Crippen molar-refractivity contribution in [1.82, 2.24) is 0 Å². The summed E-state index contributed by atoms with van der Waals surface area (Å²) in [6.45, 7) is 1.43. The van der Waals surface area contributed by atoms with Crippen molar-refractivity contribution in [3.63, 3.8) is 0 Å². The minimum Gasteiger partial charge on any atom is -0.481 e. The van der Waals surface area contributed by atoms with Gasteiger partial charge in [0, 0.05) is 0 Å². The summed E-state index contributed by atoms with van der Waals surface area (Å²) < 4.78 is 23.3. The summed E-state index contributed by atoms with van der Waals surface area (Å²) in [6.07, 6.45) is -0.341. The first-order valence-electron chi connectivity index (χ1n) is 4.36. The Kier molecular flexibility index (Phi) is 3.87. The average molecular weight is 248 g/mol. The van der Waals surface area contributed by atoms with E-state index in [4.69, 9.17) is 5.11 Å². The van der Waals surface area contributed by atoms with Crippen molar-refractivity contribution >= 4 is 27.1 Å². The lowest BCUT2D eigenvalue weighted by atomic mass is 10.3. The van der Waals surface area contributed by atoms with Gasteiger partial charge in [0.2, 0.25) is 0 Å². The number of hydrogen-bond donors (Lipinski definition) is 1. The lowest BCUT2D eigenvalue weighted by molar-refractivity contribution is -0.136. The lowest BCUT2D eigenvalue weighted by Gasteiger charge is -2.09. The summed E-state index contributed by atoms with van der Waals surface area (Å²) >= 11 is 1.43. The minimum absolute atomic E-state index is 0.0784. The number of rotatable bonds is 5. The quantitative estimate of drug-likeness (QED) is 0.857. The predicted octanol–water partition coefficient (Wildman–Crippen LogP) is 1.53. The van der Waals surface area contributed by atoms with Crippen molar-refractivity contribution in [2.24, 2.45) is 0 Å². The van der Waals surface area contributed by atoms with E-state index in [2.05, 4.69) is 0 Å². The molecule has 0 spiro atoms. The first-order valence-corrected chi connectivity index (χ1v) is 7.02. The van der Waals surface area contributed by atoms with E-state index in [1.165, 1.54) is 18.3 Å². The molecule has 1 aromatic heterocycles. The molecule has 1 N–H and O–H groups in total. The molecule has 84 valence electrons. The molecule has 0 fully saturated rings. The molecule has 1 rings (SSSR count). The molecule has 1 atom stereocenters. The van der Waals surface area contributed by atoms with Gasteiger partial charge in [-0.2, -0.15) is 11.3 Å². The fraction of sp³-hybridized carbons (Fsp3) is 0.444. The van der Waals surface area contributed by atoms with Crippen LogP contribution in [0.5, 0.6) is 0 Å². The molecule has 0 radical (unpaired) electrons. The maximum Gasteiger partial charge on any atom is 0.304 e. The number of carbonyl (C=O) groups is 1. The third-order valence-corrected chi connectivity index (χ3v) is 4.88. The van der Waals surface area contributed by atoms with Crippen LogP contribution in [0.1, 0.15) is 18.9 Å². The Morgan fingerprint density at radius 2 is 2.27 bits per heavy atom. The highest BCUT2D eigenvalue weighted by Crippen LogP contribution is 2.15. The molecular weight excluding hydrogens is 236 g/mol. The predicted molar refractivity (Wildman–Crippen MR) is 58.7 cm³/mol. The van der Waals surface area contributed by atoms with Crippen LogP contribution in [0.4, 0.5) is 0 Å². The van der Waals surface area contributed by atoms with Crippen LogP contribution in [0, 0.1) is 0 Å². The number of aliphatic carboxylic acids is 1. The highest BCUT2D eigenvalue weighted by molar-refractivity contribution is 7.91. The Morgan fingerprint density at radius 3 is 2.73 bits per heavy atom. The van der Waals surface area contributed by atoms with Crippen LogP contribution in [-0.2, 0) is 20.4 Å². The highest BCUT2D eigenvalue weighted by atomic mass is 32.2. The van der Waals surface area contributed by atoms with E-state index in [-0.39, 0.29) is 12.2 Å². The van der Waals surface area contributed by atoms with Crippen molar-refractivity contribution in [2.75, 3.05) is 0 Å². The van der Waals surface area contributed by atoms with Crippen LogP contribution in [-0.4, -0.2) is 24.7 Å². The Morgan fingerprint density at radius 1 is 1.60 bits per heavy atom. The zero-order valence-electron chi connectivity index (χ0n) is 8.21. The van der Waals surface area contributed by atoms with Gasteiger partial charge in [-0.1, -0.05) is 0 Å². The van der Waals surface area contributed by atoms with Crippen molar-refractivity contribution in [1.29, 1.82) is 0 Å². The van der Waals surface area contributed by atoms with Crippen molar-refractivity contribution in [3.05, 3.63) is 22.4 Å². The summed E-state index contributed by atoms with van der Waals surface area (Å²) in [5.41, 5.74) is 0.720. The molecule has 0 amide bonds. The molecule has 0 aromatic carbocycles. The van der Waals surface area contributed by atoms with Crippen LogP contribution in [0.15, 0.2) is 16.8 Å². The van der Waals surface area contributed by atoms with Crippen LogP contribution in [0.3, 0.4) is 0 Å². The molecule has 0 saturated heterocycles. The van der Waals surface area contributed by atoms with Gasteiger partial charge in [0.1, 0.15) is 0 Å². The monoisotopic (exact) mass is 248 g/mol. The van der Waals surface area contributed by atoms with Crippen LogP contribution in [0.25, 0.3) is 0 Å². The molecular formula is C9H12O4S2. The summed E-state index contributed by atoms with van der Waals surface area (Å²) in [4.78, 5) is 10.4. The molecule has 1 heterocycles. The van der Waals surface area contributed by atoms with E-state index in [1.807, 2.05) is 0 Å². The third kappa shape index (κ3) is 3.64. The SMILES string of the molecule is CC(CC(=O)O)S(=O)(=O)Cc1ccsc1. The van der Waals surface area contributed by atoms with Gasteiger partial charge < -0.3 is 5.11 Å². The van der Waals surface area contributed by atoms with Crippen LogP contribution in [0.2, 0.25) is 0 Å². The van der Waals surface area contributed by atoms with Crippen LogP contribution >= 0.6 is 11.3 Å². The molecule has 1 aromatic rings. The molecule has 0 aliphatic carbocycles. The minimum atomic E-state index is -3.35. The molecule has 6 heteroatoms. The molecule has 4 nitrogen and oxygen atoms in total. The first-order chi connectivity index (χ1) is 6.92. The summed E-state index contributed by atoms with van der Waals surface area (Å²) in [7, 11) is -3.35. The summed E-state index contributed by atoms with van der Waals surface area (Å²) in [5, 5.41) is 11.2. The second-order valence-corrected chi connectivity index (χ2v) is 6.55. The Balaban J connectivity index is 2.71. The van der Waals surface area contributed by atoms with Gasteiger partial charge in [0.05, 0.1) is 17.4 Å². The van der Waals surface area contributed by atoms with E-state index in [0.29, 0.717) is 0 Å². The van der Waals surface area contributed by atoms with Gasteiger partial charge in [-0.15, -0.1) is 0 Å². The number of hydrogen-bond acceptors (Lipinski definition) is 4. The van der Waals surface area contributed by atoms with E-state index in [0.717, 1.165) is 5.56 Å². The Bertz CT molecular complexity index is 419. The van der Waals surface area contributed by atoms with Gasteiger partial charge in [-0.05, 0) is 29.3 Å². The van der Waals surface area contributed by atoms with Crippen molar-refractivity contribution in [2.45, 2.75) is 24.3 Å². The second kappa shape index (κ2) is 4.76. The third-order valence-electron chi connectivity index (χ3n) is 2.02. The maximum absolute atomic E-state index is 11.7.